The lowest BCUT2D eigenvalue weighted by atomic mass is 9.98. The molecule has 3 aromatic carbocycles. The molecule has 0 N–H and O–H groups in total. The van der Waals surface area contributed by atoms with Crippen molar-refractivity contribution in [3.05, 3.63) is 100 Å². The minimum Gasteiger partial charge on any atom is -0.476 e. The molecule has 9 nitrogen and oxygen atoms in total. The number of aromatic nitrogens is 2. The van der Waals surface area contributed by atoms with Gasteiger partial charge in [-0.3, -0.25) is 9.69 Å². The minimum atomic E-state index is -1.04. The Morgan fingerprint density at radius 3 is 2.07 bits per heavy atom. The van der Waals surface area contributed by atoms with Crippen molar-refractivity contribution in [2.45, 2.75) is 66.2 Å². The number of ether oxygens (including phenoxy) is 3. The summed E-state index contributed by atoms with van der Waals surface area (Å²) >= 11 is 0. The number of nitrogens with zero attached hydrogens (tertiary/aromatic N) is 3. The van der Waals surface area contributed by atoms with Crippen molar-refractivity contribution in [2.75, 3.05) is 20.3 Å². The molecule has 1 aliphatic rings. The minimum absolute atomic E-state index is 0.174. The SMILES string of the molecule is CCOC(=O)C(C)(C)Oc1c(C)cc(CN(C)Cc2nnc(C)o2)cc1C.O=COCC1c2ccccc2-c2ccccc21. The molecule has 0 saturated heterocycles. The topological polar surface area (TPSA) is 104 Å². The zero-order valence-corrected chi connectivity index (χ0v) is 26.5. The predicted octanol–water partition coefficient (Wildman–Crippen LogP) is 6.32. The Labute approximate surface area is 259 Å². The second kappa shape index (κ2) is 14.3. The first-order valence-electron chi connectivity index (χ1n) is 14.7. The molecule has 0 unspecified atom stereocenters. The monoisotopic (exact) mass is 599 g/mol. The highest BCUT2D eigenvalue weighted by molar-refractivity contribution is 5.79. The molecule has 0 radical (unpaired) electrons. The molecule has 0 spiro atoms. The number of aryl methyl sites for hydroxylation is 3. The molecule has 232 valence electrons. The molecule has 1 heterocycles. The van der Waals surface area contributed by atoms with Gasteiger partial charge in [-0.15, -0.1) is 10.2 Å². The van der Waals surface area contributed by atoms with Crippen LogP contribution in [0.25, 0.3) is 11.1 Å². The predicted molar refractivity (Wildman–Crippen MR) is 167 cm³/mol. The van der Waals surface area contributed by atoms with E-state index in [2.05, 4.69) is 51.5 Å². The molecule has 1 aromatic heterocycles. The fourth-order valence-electron chi connectivity index (χ4n) is 5.47. The van der Waals surface area contributed by atoms with Gasteiger partial charge in [0.15, 0.2) is 5.60 Å². The Hall–Kier alpha value is -4.50. The van der Waals surface area contributed by atoms with Gasteiger partial charge in [0, 0.05) is 19.4 Å². The average Bonchev–Trinajstić information content (AvgIpc) is 3.54. The van der Waals surface area contributed by atoms with Gasteiger partial charge in [0.25, 0.3) is 6.47 Å². The van der Waals surface area contributed by atoms with Gasteiger partial charge in [-0.2, -0.15) is 0 Å². The first-order valence-corrected chi connectivity index (χ1v) is 14.7. The number of esters is 1. The molecule has 0 fully saturated rings. The van der Waals surface area contributed by atoms with Crippen molar-refractivity contribution in [3.8, 4) is 16.9 Å². The number of carbonyl (C=O) groups is 2. The van der Waals surface area contributed by atoms with Crippen LogP contribution in [0, 0.1) is 20.8 Å². The van der Waals surface area contributed by atoms with E-state index in [1.54, 1.807) is 27.7 Å². The van der Waals surface area contributed by atoms with Crippen molar-refractivity contribution in [3.63, 3.8) is 0 Å². The maximum absolute atomic E-state index is 12.1. The van der Waals surface area contributed by atoms with E-state index < -0.39 is 5.60 Å². The standard InChI is InChI=1S/C20H29N3O4.C15H12O2/c1-8-25-19(24)20(5,6)27-18-13(2)9-16(10-14(18)3)11-23(7)12-17-22-21-15(4)26-17;16-10-17-9-15-13-7-3-1-5-11(13)12-6-2-4-8-14(12)15/h9-10H,8,11-12H2,1-7H3;1-8,10,15H,9H2. The highest BCUT2D eigenvalue weighted by atomic mass is 16.6. The van der Waals surface area contributed by atoms with Gasteiger partial charge in [-0.25, -0.2) is 4.79 Å². The summed E-state index contributed by atoms with van der Waals surface area (Å²) in [6.07, 6.45) is 0. The smallest absolute Gasteiger partial charge is 0.349 e. The van der Waals surface area contributed by atoms with Gasteiger partial charge in [0.2, 0.25) is 11.8 Å². The van der Waals surface area contributed by atoms with Gasteiger partial charge in [0.05, 0.1) is 13.2 Å². The van der Waals surface area contributed by atoms with Crippen molar-refractivity contribution < 1.29 is 28.2 Å². The Morgan fingerprint density at radius 1 is 0.955 bits per heavy atom. The highest BCUT2D eigenvalue weighted by Gasteiger charge is 2.33. The molecule has 0 amide bonds. The van der Waals surface area contributed by atoms with Crippen LogP contribution in [-0.2, 0) is 32.2 Å². The van der Waals surface area contributed by atoms with E-state index in [0.717, 1.165) is 23.2 Å². The van der Waals surface area contributed by atoms with Crippen LogP contribution in [0.1, 0.15) is 66.3 Å². The van der Waals surface area contributed by atoms with Crippen molar-refractivity contribution in [1.29, 1.82) is 0 Å². The van der Waals surface area contributed by atoms with E-state index in [-0.39, 0.29) is 11.9 Å². The van der Waals surface area contributed by atoms with Crippen molar-refractivity contribution in [1.82, 2.24) is 15.1 Å². The normalized spacial score (nSPS) is 12.2. The van der Waals surface area contributed by atoms with E-state index in [1.165, 1.54) is 22.3 Å². The largest absolute Gasteiger partial charge is 0.476 e. The molecule has 1 aliphatic carbocycles. The van der Waals surface area contributed by atoms with Crippen molar-refractivity contribution >= 4 is 12.4 Å². The van der Waals surface area contributed by atoms with E-state index in [0.29, 0.717) is 43.8 Å². The molecule has 5 rings (SSSR count). The maximum atomic E-state index is 12.1. The van der Waals surface area contributed by atoms with Crippen LogP contribution in [-0.4, -0.2) is 53.4 Å². The third-order valence-electron chi connectivity index (χ3n) is 7.36. The van der Waals surface area contributed by atoms with Crippen LogP contribution in [0.15, 0.2) is 65.1 Å². The Morgan fingerprint density at radius 2 is 1.55 bits per heavy atom. The second-order valence-electron chi connectivity index (χ2n) is 11.4. The summed E-state index contributed by atoms with van der Waals surface area (Å²) in [5.74, 6) is 1.68. The fourth-order valence-corrected chi connectivity index (χ4v) is 5.47. The summed E-state index contributed by atoms with van der Waals surface area (Å²) in [5.41, 5.74) is 7.05. The van der Waals surface area contributed by atoms with E-state index in [1.807, 2.05) is 45.2 Å². The lowest BCUT2D eigenvalue weighted by Gasteiger charge is -2.26. The fraction of sp³-hybridized carbons (Fsp3) is 0.371. The second-order valence-corrected chi connectivity index (χ2v) is 11.4. The van der Waals surface area contributed by atoms with E-state index in [4.69, 9.17) is 18.6 Å². The molecule has 0 bridgehead atoms. The van der Waals surface area contributed by atoms with E-state index in [9.17, 15) is 9.59 Å². The number of hydrogen-bond donors (Lipinski definition) is 0. The maximum Gasteiger partial charge on any atom is 0.349 e. The van der Waals surface area contributed by atoms with Gasteiger partial charge < -0.3 is 18.6 Å². The number of hydrogen-bond acceptors (Lipinski definition) is 9. The molecule has 4 aromatic rings. The van der Waals surface area contributed by atoms with Gasteiger partial charge in [-0.1, -0.05) is 60.7 Å². The number of benzene rings is 3. The van der Waals surface area contributed by atoms with E-state index >= 15 is 0 Å². The molecule has 9 heteroatoms. The van der Waals surface area contributed by atoms with Crippen LogP contribution >= 0.6 is 0 Å². The van der Waals surface area contributed by atoms with Gasteiger partial charge >= 0.3 is 5.97 Å². The summed E-state index contributed by atoms with van der Waals surface area (Å²) in [6, 6.07) is 20.7. The number of fused-ring (bicyclic) bond motifs is 3. The molecule has 0 atom stereocenters. The van der Waals surface area contributed by atoms with Crippen molar-refractivity contribution in [2.24, 2.45) is 0 Å². The first kappa shape index (κ1) is 32.4. The van der Waals surface area contributed by atoms with Crippen LogP contribution in [0.5, 0.6) is 5.75 Å². The van der Waals surface area contributed by atoms with Gasteiger partial charge in [0.1, 0.15) is 12.4 Å². The Bertz CT molecular complexity index is 1530. The van der Waals surface area contributed by atoms with Gasteiger partial charge in [-0.05, 0) is 80.6 Å². The Balaban J connectivity index is 0.000000221. The highest BCUT2D eigenvalue weighted by Crippen LogP contribution is 2.44. The lowest BCUT2D eigenvalue weighted by Crippen LogP contribution is -2.40. The summed E-state index contributed by atoms with van der Waals surface area (Å²) in [4.78, 5) is 24.6. The summed E-state index contributed by atoms with van der Waals surface area (Å²) in [6.45, 7) is 13.5. The third kappa shape index (κ3) is 7.71. The lowest BCUT2D eigenvalue weighted by molar-refractivity contribution is -0.158. The van der Waals surface area contributed by atoms with Crippen LogP contribution in [0.4, 0.5) is 0 Å². The summed E-state index contributed by atoms with van der Waals surface area (Å²) in [5, 5.41) is 7.88. The molecule has 44 heavy (non-hydrogen) atoms. The summed E-state index contributed by atoms with van der Waals surface area (Å²) in [7, 11) is 2.00. The summed E-state index contributed by atoms with van der Waals surface area (Å²) < 4.78 is 21.5. The third-order valence-corrected chi connectivity index (χ3v) is 7.36. The Kier molecular flexibility index (Phi) is 10.5. The molecular weight excluding hydrogens is 558 g/mol. The number of rotatable bonds is 11. The zero-order chi connectivity index (χ0) is 31.9. The molecule has 0 saturated carbocycles. The number of carbonyl (C=O) groups excluding carboxylic acids is 2. The quantitative estimate of drug-likeness (QED) is 0.145. The molecular formula is C35H41N3O6. The van der Waals surface area contributed by atoms with Crippen LogP contribution in [0.2, 0.25) is 0 Å². The van der Waals surface area contributed by atoms with Crippen LogP contribution < -0.4 is 4.74 Å². The van der Waals surface area contributed by atoms with Crippen LogP contribution in [0.3, 0.4) is 0 Å². The zero-order valence-electron chi connectivity index (χ0n) is 26.5. The average molecular weight is 600 g/mol. The molecule has 0 aliphatic heterocycles. The first-order chi connectivity index (χ1) is 21.0.